The maximum atomic E-state index is 12.6. The molecule has 1 heterocycles. The number of benzene rings is 1. The Morgan fingerprint density at radius 2 is 2.08 bits per heavy atom. The van der Waals surface area contributed by atoms with E-state index in [0.29, 0.717) is 31.8 Å². The highest BCUT2D eigenvalue weighted by Gasteiger charge is 2.25. The van der Waals surface area contributed by atoms with E-state index in [1.807, 2.05) is 0 Å². The molecule has 1 aromatic carbocycles. The molecule has 0 bridgehead atoms. The molecular weight excluding hydrogens is 334 g/mol. The number of nitro benzene ring substituents is 1. The third-order valence-corrected chi connectivity index (χ3v) is 4.09. The molecule has 0 aromatic heterocycles. The van der Waals surface area contributed by atoms with E-state index >= 15 is 0 Å². The molecule has 0 atom stereocenters. The van der Waals surface area contributed by atoms with E-state index in [1.165, 1.54) is 12.1 Å². The molecule has 1 aliphatic heterocycles. The highest BCUT2D eigenvalue weighted by molar-refractivity contribution is 5.96. The number of hydrogen-bond acceptors (Lipinski definition) is 5. The number of nitrogens with zero attached hydrogens (tertiary/aromatic N) is 2. The van der Waals surface area contributed by atoms with Crippen molar-refractivity contribution in [1.82, 2.24) is 4.90 Å². The maximum absolute atomic E-state index is 12.6. The van der Waals surface area contributed by atoms with Gasteiger partial charge in [-0.2, -0.15) is 0 Å². The maximum Gasteiger partial charge on any atom is 0.270 e. The molecule has 1 aromatic rings. The fourth-order valence-electron chi connectivity index (χ4n) is 2.68. The van der Waals surface area contributed by atoms with Crippen molar-refractivity contribution in [2.75, 3.05) is 26.2 Å². The van der Waals surface area contributed by atoms with Crippen molar-refractivity contribution >= 4 is 24.0 Å². The van der Waals surface area contributed by atoms with Gasteiger partial charge in [0, 0.05) is 37.4 Å². The minimum atomic E-state index is -0.478. The molecule has 0 saturated carbocycles. The molecule has 8 heteroatoms. The number of rotatable bonds is 6. The van der Waals surface area contributed by atoms with E-state index in [-0.39, 0.29) is 30.1 Å². The summed E-state index contributed by atoms with van der Waals surface area (Å²) in [4.78, 5) is 24.8. The van der Waals surface area contributed by atoms with Gasteiger partial charge in [-0.1, -0.05) is 6.07 Å². The molecule has 0 unspecified atom stereocenters. The number of ether oxygens (including phenoxy) is 1. The molecule has 0 aliphatic carbocycles. The Morgan fingerprint density at radius 3 is 2.67 bits per heavy atom. The number of carbonyl (C=O) groups excluding carboxylic acids is 1. The Balaban J connectivity index is 0.00000288. The minimum Gasteiger partial charge on any atom is -0.378 e. The molecule has 2 rings (SSSR count). The molecule has 7 nitrogen and oxygen atoms in total. The Morgan fingerprint density at radius 1 is 1.42 bits per heavy atom. The molecule has 1 aliphatic rings. The van der Waals surface area contributed by atoms with Gasteiger partial charge in [-0.15, -0.1) is 12.4 Å². The number of non-ortho nitro benzene ring substituents is 1. The lowest BCUT2D eigenvalue weighted by Crippen LogP contribution is -2.41. The first-order valence-electron chi connectivity index (χ1n) is 7.89. The van der Waals surface area contributed by atoms with Gasteiger partial charge >= 0.3 is 0 Å². The second-order valence-electron chi connectivity index (χ2n) is 5.76. The van der Waals surface area contributed by atoms with E-state index < -0.39 is 4.92 Å². The lowest BCUT2D eigenvalue weighted by atomic mass is 10.0. The molecule has 2 N–H and O–H groups in total. The van der Waals surface area contributed by atoms with Crippen molar-refractivity contribution < 1.29 is 14.5 Å². The first kappa shape index (κ1) is 20.3. The number of hydrogen-bond donors (Lipinski definition) is 1. The minimum absolute atomic E-state index is 0. The number of carbonyl (C=O) groups is 1. The summed E-state index contributed by atoms with van der Waals surface area (Å²) >= 11 is 0. The second kappa shape index (κ2) is 9.56. The highest BCUT2D eigenvalue weighted by atomic mass is 35.5. The van der Waals surface area contributed by atoms with E-state index in [4.69, 9.17) is 10.5 Å². The van der Waals surface area contributed by atoms with Gasteiger partial charge in [-0.05, 0) is 38.3 Å². The number of aryl methyl sites for hydroxylation is 1. The SMILES string of the molecule is Cc1ccc([N+](=O)[O-])cc1C(=O)N1CCC(OCCCN)CC1.Cl. The van der Waals surface area contributed by atoms with Crippen LogP contribution in [0.5, 0.6) is 0 Å². The van der Waals surface area contributed by atoms with Crippen molar-refractivity contribution in [3.63, 3.8) is 0 Å². The monoisotopic (exact) mass is 357 g/mol. The number of piperidine rings is 1. The van der Waals surface area contributed by atoms with Crippen LogP contribution in [0.15, 0.2) is 18.2 Å². The van der Waals surface area contributed by atoms with Crippen LogP contribution < -0.4 is 5.73 Å². The van der Waals surface area contributed by atoms with Crippen LogP contribution in [-0.2, 0) is 4.74 Å². The van der Waals surface area contributed by atoms with Crippen molar-refractivity contribution in [3.8, 4) is 0 Å². The number of likely N-dealkylation sites (tertiary alicyclic amines) is 1. The van der Waals surface area contributed by atoms with Crippen molar-refractivity contribution in [2.24, 2.45) is 5.73 Å². The normalized spacial score (nSPS) is 15.0. The largest absolute Gasteiger partial charge is 0.378 e. The second-order valence-corrected chi connectivity index (χ2v) is 5.76. The van der Waals surface area contributed by atoms with Crippen molar-refractivity contribution in [3.05, 3.63) is 39.4 Å². The zero-order valence-electron chi connectivity index (χ0n) is 13.8. The quantitative estimate of drug-likeness (QED) is 0.478. The summed E-state index contributed by atoms with van der Waals surface area (Å²) in [6.45, 7) is 4.27. The van der Waals surface area contributed by atoms with Crippen LogP contribution in [0.1, 0.15) is 35.2 Å². The van der Waals surface area contributed by atoms with Crippen molar-refractivity contribution in [1.29, 1.82) is 0 Å². The number of halogens is 1. The summed E-state index contributed by atoms with van der Waals surface area (Å²) < 4.78 is 5.72. The van der Waals surface area contributed by atoms with Crippen LogP contribution in [0.25, 0.3) is 0 Å². The van der Waals surface area contributed by atoms with Crippen LogP contribution in [0.2, 0.25) is 0 Å². The lowest BCUT2D eigenvalue weighted by molar-refractivity contribution is -0.384. The first-order valence-corrected chi connectivity index (χ1v) is 7.89. The molecule has 1 amide bonds. The van der Waals surface area contributed by atoms with Crippen LogP contribution in [0, 0.1) is 17.0 Å². The average molecular weight is 358 g/mol. The predicted molar refractivity (Wildman–Crippen MR) is 93.6 cm³/mol. The fraction of sp³-hybridized carbons (Fsp3) is 0.562. The van der Waals surface area contributed by atoms with Gasteiger partial charge in [0.15, 0.2) is 0 Å². The van der Waals surface area contributed by atoms with Gasteiger partial charge in [0.25, 0.3) is 11.6 Å². The summed E-state index contributed by atoms with van der Waals surface area (Å²) in [5, 5.41) is 10.9. The molecule has 1 fully saturated rings. The Labute approximate surface area is 147 Å². The van der Waals surface area contributed by atoms with E-state index in [0.717, 1.165) is 24.8 Å². The molecular formula is C16H24ClN3O4. The van der Waals surface area contributed by atoms with E-state index in [2.05, 4.69) is 0 Å². The number of nitro groups is 1. The fourth-order valence-corrected chi connectivity index (χ4v) is 2.68. The molecule has 1 saturated heterocycles. The number of nitrogens with two attached hydrogens (primary N) is 1. The van der Waals surface area contributed by atoms with Gasteiger partial charge in [-0.25, -0.2) is 0 Å². The van der Waals surface area contributed by atoms with Gasteiger partial charge in [-0.3, -0.25) is 14.9 Å². The Bertz CT molecular complexity index is 574. The van der Waals surface area contributed by atoms with Gasteiger partial charge in [0.2, 0.25) is 0 Å². The Kier molecular flexibility index (Phi) is 8.10. The molecule has 0 radical (unpaired) electrons. The predicted octanol–water partition coefficient (Wildman–Crippen LogP) is 2.30. The first-order chi connectivity index (χ1) is 11.0. The van der Waals surface area contributed by atoms with E-state index in [1.54, 1.807) is 17.9 Å². The lowest BCUT2D eigenvalue weighted by Gasteiger charge is -2.32. The van der Waals surface area contributed by atoms with Crippen LogP contribution in [-0.4, -0.2) is 48.1 Å². The molecule has 24 heavy (non-hydrogen) atoms. The summed E-state index contributed by atoms with van der Waals surface area (Å²) in [7, 11) is 0. The Hall–Kier alpha value is -1.70. The third kappa shape index (κ3) is 5.15. The smallest absolute Gasteiger partial charge is 0.270 e. The van der Waals surface area contributed by atoms with Gasteiger partial charge in [0.05, 0.1) is 11.0 Å². The molecule has 0 spiro atoms. The molecule has 134 valence electrons. The van der Waals surface area contributed by atoms with Crippen LogP contribution in [0.3, 0.4) is 0 Å². The number of amides is 1. The van der Waals surface area contributed by atoms with E-state index in [9.17, 15) is 14.9 Å². The van der Waals surface area contributed by atoms with Gasteiger partial charge in [0.1, 0.15) is 0 Å². The summed E-state index contributed by atoms with van der Waals surface area (Å²) in [6.07, 6.45) is 2.57. The summed E-state index contributed by atoms with van der Waals surface area (Å²) in [5.41, 5.74) is 6.54. The van der Waals surface area contributed by atoms with Crippen LogP contribution in [0.4, 0.5) is 5.69 Å². The summed E-state index contributed by atoms with van der Waals surface area (Å²) in [6, 6.07) is 4.40. The van der Waals surface area contributed by atoms with Gasteiger partial charge < -0.3 is 15.4 Å². The summed E-state index contributed by atoms with van der Waals surface area (Å²) in [5.74, 6) is -0.147. The topological polar surface area (TPSA) is 98.7 Å². The zero-order valence-corrected chi connectivity index (χ0v) is 14.6. The average Bonchev–Trinajstić information content (AvgIpc) is 2.55. The standard InChI is InChI=1S/C16H23N3O4.ClH/c1-12-3-4-13(19(21)22)11-15(12)16(20)18-8-5-14(6-9-18)23-10-2-7-17;/h3-4,11,14H,2,5-10,17H2,1H3;1H. The van der Waals surface area contributed by atoms with Crippen LogP contribution >= 0.6 is 12.4 Å². The third-order valence-electron chi connectivity index (χ3n) is 4.09. The highest BCUT2D eigenvalue weighted by Crippen LogP contribution is 2.21. The zero-order chi connectivity index (χ0) is 16.8. The van der Waals surface area contributed by atoms with Crippen molar-refractivity contribution in [2.45, 2.75) is 32.3 Å².